The molecule has 2 heterocycles. The summed E-state index contributed by atoms with van der Waals surface area (Å²) in [6, 6.07) is 17.6. The van der Waals surface area contributed by atoms with Crippen molar-refractivity contribution in [2.24, 2.45) is 0 Å². The Morgan fingerprint density at radius 2 is 1.76 bits per heavy atom. The molecule has 5 nitrogen and oxygen atoms in total. The number of carboxylic acids is 1. The van der Waals surface area contributed by atoms with E-state index in [1.54, 1.807) is 30.3 Å². The zero-order chi connectivity index (χ0) is 20.5. The lowest BCUT2D eigenvalue weighted by atomic mass is 10.1. The normalized spacial score (nSPS) is 15.3. The maximum absolute atomic E-state index is 12.5. The number of furan rings is 1. The summed E-state index contributed by atoms with van der Waals surface area (Å²) in [5.41, 5.74) is 2.82. The molecule has 0 atom stereocenters. The molecule has 3 aromatic rings. The van der Waals surface area contributed by atoms with Crippen LogP contribution in [0.15, 0.2) is 70.0 Å². The molecule has 1 N–H and O–H groups in total. The third kappa shape index (κ3) is 3.87. The summed E-state index contributed by atoms with van der Waals surface area (Å²) in [6.45, 7) is 1.98. The Morgan fingerprint density at radius 1 is 1.07 bits per heavy atom. The first-order chi connectivity index (χ1) is 13.9. The summed E-state index contributed by atoms with van der Waals surface area (Å²) in [7, 11) is 0. The fourth-order valence-corrected chi connectivity index (χ4v) is 4.14. The highest BCUT2D eigenvalue weighted by molar-refractivity contribution is 8.20. The van der Waals surface area contributed by atoms with Gasteiger partial charge in [0, 0.05) is 5.56 Å². The molecule has 0 saturated carbocycles. The molecule has 0 spiro atoms. The molecule has 29 heavy (non-hydrogen) atoms. The molecular weight excluding hydrogens is 406 g/mol. The molecule has 144 valence electrons. The number of nitrogens with zero attached hydrogens (tertiary/aromatic N) is 1. The largest absolute Gasteiger partial charge is 0.478 e. The maximum atomic E-state index is 12.5. The molecule has 1 amide bonds. The average molecular weight is 421 g/mol. The van der Waals surface area contributed by atoms with Gasteiger partial charge in [-0.2, -0.15) is 0 Å². The maximum Gasteiger partial charge on any atom is 0.335 e. The van der Waals surface area contributed by atoms with Crippen molar-refractivity contribution >= 4 is 51.9 Å². The SMILES string of the molecule is Cc1ccc(N2C(=O)S/C(=C\c3ccc(-c4ccc(C(=O)O)cc4)o3)C2=S)cc1. The third-order valence-electron chi connectivity index (χ3n) is 4.40. The topological polar surface area (TPSA) is 70.8 Å². The molecule has 1 aliphatic rings. The highest BCUT2D eigenvalue weighted by atomic mass is 32.2. The van der Waals surface area contributed by atoms with Crippen LogP contribution in [-0.2, 0) is 0 Å². The molecule has 7 heteroatoms. The predicted octanol–water partition coefficient (Wildman–Crippen LogP) is 5.99. The van der Waals surface area contributed by atoms with Crippen molar-refractivity contribution in [3.05, 3.63) is 82.5 Å². The van der Waals surface area contributed by atoms with Crippen LogP contribution in [0.25, 0.3) is 17.4 Å². The van der Waals surface area contributed by atoms with Crippen LogP contribution in [0.1, 0.15) is 21.7 Å². The van der Waals surface area contributed by atoms with Gasteiger partial charge < -0.3 is 9.52 Å². The number of anilines is 1. The minimum Gasteiger partial charge on any atom is -0.478 e. The zero-order valence-corrected chi connectivity index (χ0v) is 16.9. The van der Waals surface area contributed by atoms with Crippen LogP contribution in [0, 0.1) is 6.92 Å². The fraction of sp³-hybridized carbons (Fsp3) is 0.0455. The lowest BCUT2D eigenvalue weighted by molar-refractivity contribution is 0.0697. The van der Waals surface area contributed by atoms with Crippen LogP contribution < -0.4 is 4.90 Å². The van der Waals surface area contributed by atoms with E-state index in [4.69, 9.17) is 21.7 Å². The Kier molecular flexibility index (Phi) is 5.08. The summed E-state index contributed by atoms with van der Waals surface area (Å²) in [6.07, 6.45) is 1.74. The molecule has 0 radical (unpaired) electrons. The lowest BCUT2D eigenvalue weighted by Gasteiger charge is -2.14. The number of carboxylic acid groups (broad SMARTS) is 1. The van der Waals surface area contributed by atoms with Gasteiger partial charge in [0.15, 0.2) is 0 Å². The van der Waals surface area contributed by atoms with Crippen LogP contribution in [0.4, 0.5) is 10.5 Å². The van der Waals surface area contributed by atoms with E-state index in [1.807, 2.05) is 31.2 Å². The van der Waals surface area contributed by atoms with E-state index >= 15 is 0 Å². The van der Waals surface area contributed by atoms with E-state index in [9.17, 15) is 9.59 Å². The molecule has 4 rings (SSSR count). The number of amides is 1. The van der Waals surface area contributed by atoms with Gasteiger partial charge >= 0.3 is 5.97 Å². The predicted molar refractivity (Wildman–Crippen MR) is 118 cm³/mol. The van der Waals surface area contributed by atoms with Crippen LogP contribution >= 0.6 is 24.0 Å². The summed E-state index contributed by atoms with van der Waals surface area (Å²) >= 11 is 6.58. The smallest absolute Gasteiger partial charge is 0.335 e. The number of thiocarbonyl (C=S) groups is 1. The van der Waals surface area contributed by atoms with E-state index in [-0.39, 0.29) is 10.8 Å². The standard InChI is InChI=1S/C22H15NO4S2/c1-13-2-8-16(9-3-13)23-20(28)19(29-22(23)26)12-17-10-11-18(27-17)14-4-6-15(7-5-14)21(24)25/h2-12H,1H3,(H,24,25)/b19-12-. The quantitative estimate of drug-likeness (QED) is 0.412. The number of rotatable bonds is 4. The second kappa shape index (κ2) is 7.69. The molecule has 0 unspecified atom stereocenters. The van der Waals surface area contributed by atoms with E-state index in [2.05, 4.69) is 0 Å². The Balaban J connectivity index is 1.57. The van der Waals surface area contributed by atoms with Crippen molar-refractivity contribution in [1.82, 2.24) is 0 Å². The van der Waals surface area contributed by atoms with Crippen LogP contribution in [0.3, 0.4) is 0 Å². The summed E-state index contributed by atoms with van der Waals surface area (Å²) in [4.78, 5) is 26.0. The van der Waals surface area contributed by atoms with E-state index in [1.165, 1.54) is 17.0 Å². The van der Waals surface area contributed by atoms with Gasteiger partial charge in [-0.1, -0.05) is 42.0 Å². The van der Waals surface area contributed by atoms with E-state index in [0.717, 1.165) is 28.6 Å². The first-order valence-electron chi connectivity index (χ1n) is 8.70. The highest BCUT2D eigenvalue weighted by Crippen LogP contribution is 2.37. The number of hydrogen-bond acceptors (Lipinski definition) is 5. The van der Waals surface area contributed by atoms with E-state index < -0.39 is 5.97 Å². The monoisotopic (exact) mass is 421 g/mol. The average Bonchev–Trinajstić information content (AvgIpc) is 3.28. The van der Waals surface area contributed by atoms with Crippen molar-refractivity contribution in [3.8, 4) is 11.3 Å². The molecule has 1 saturated heterocycles. The summed E-state index contributed by atoms with van der Waals surface area (Å²) in [5, 5.41) is 8.84. The van der Waals surface area contributed by atoms with Crippen molar-refractivity contribution in [3.63, 3.8) is 0 Å². The Hall–Kier alpha value is -3.16. The summed E-state index contributed by atoms with van der Waals surface area (Å²) < 4.78 is 5.85. The van der Waals surface area contributed by atoms with Gasteiger partial charge in [0.1, 0.15) is 16.5 Å². The van der Waals surface area contributed by atoms with Crippen molar-refractivity contribution in [2.75, 3.05) is 4.90 Å². The molecule has 1 aromatic heterocycles. The number of thioether (sulfide) groups is 1. The highest BCUT2D eigenvalue weighted by Gasteiger charge is 2.33. The van der Waals surface area contributed by atoms with Gasteiger partial charge in [-0.15, -0.1) is 0 Å². The Bertz CT molecular complexity index is 1140. The second-order valence-corrected chi connectivity index (χ2v) is 7.82. The number of benzene rings is 2. The van der Waals surface area contributed by atoms with Gasteiger partial charge in [-0.3, -0.25) is 9.69 Å². The van der Waals surface area contributed by atoms with Crippen LogP contribution in [0.2, 0.25) is 0 Å². The lowest BCUT2D eigenvalue weighted by Crippen LogP contribution is -2.26. The minimum atomic E-state index is -0.976. The van der Waals surface area contributed by atoms with Crippen molar-refractivity contribution < 1.29 is 19.1 Å². The van der Waals surface area contributed by atoms with Crippen molar-refractivity contribution in [2.45, 2.75) is 6.92 Å². The molecule has 2 aromatic carbocycles. The van der Waals surface area contributed by atoms with Crippen molar-refractivity contribution in [1.29, 1.82) is 0 Å². The molecular formula is C22H15NO4S2. The zero-order valence-electron chi connectivity index (χ0n) is 15.3. The van der Waals surface area contributed by atoms with Crippen LogP contribution in [-0.4, -0.2) is 21.3 Å². The number of aromatic carboxylic acids is 1. The van der Waals surface area contributed by atoms with Gasteiger partial charge in [0.2, 0.25) is 0 Å². The first-order valence-corrected chi connectivity index (χ1v) is 9.93. The van der Waals surface area contributed by atoms with E-state index in [0.29, 0.717) is 21.4 Å². The van der Waals surface area contributed by atoms with Gasteiger partial charge in [0.05, 0.1) is 16.2 Å². The molecule has 1 fully saturated rings. The van der Waals surface area contributed by atoms with Crippen LogP contribution in [0.5, 0.6) is 0 Å². The number of hydrogen-bond donors (Lipinski definition) is 1. The Labute approximate surface area is 176 Å². The number of carbonyl (C=O) groups excluding carboxylic acids is 1. The third-order valence-corrected chi connectivity index (χ3v) is 5.82. The van der Waals surface area contributed by atoms with Gasteiger partial charge in [-0.25, -0.2) is 4.79 Å². The number of carbonyl (C=O) groups is 2. The summed E-state index contributed by atoms with van der Waals surface area (Å²) in [5.74, 6) is 0.186. The van der Waals surface area contributed by atoms with Gasteiger partial charge in [-0.05, 0) is 61.2 Å². The first kappa shape index (κ1) is 19.2. The minimum absolute atomic E-state index is 0.152. The molecule has 0 bridgehead atoms. The Morgan fingerprint density at radius 3 is 2.41 bits per heavy atom. The molecule has 1 aliphatic heterocycles. The van der Waals surface area contributed by atoms with Gasteiger partial charge in [0.25, 0.3) is 5.24 Å². The fourth-order valence-electron chi connectivity index (χ4n) is 2.88. The second-order valence-electron chi connectivity index (χ2n) is 6.44. The molecule has 0 aliphatic carbocycles. The number of aryl methyl sites for hydroxylation is 1.